The highest BCUT2D eigenvalue weighted by Crippen LogP contribution is 2.07. The first-order valence-corrected chi connectivity index (χ1v) is 5.00. The zero-order chi connectivity index (χ0) is 12.9. The molecule has 0 aliphatic carbocycles. The van der Waals surface area contributed by atoms with Gasteiger partial charge >= 0.3 is 12.1 Å². The van der Waals surface area contributed by atoms with Crippen LogP contribution >= 0.6 is 0 Å². The Morgan fingerprint density at radius 1 is 1.31 bits per heavy atom. The van der Waals surface area contributed by atoms with Gasteiger partial charge in [0.1, 0.15) is 11.6 Å². The molecule has 0 aromatic rings. The van der Waals surface area contributed by atoms with Crippen molar-refractivity contribution in [1.29, 1.82) is 0 Å². The summed E-state index contributed by atoms with van der Waals surface area (Å²) in [6, 6.07) is -1.46. The van der Waals surface area contributed by atoms with Crippen LogP contribution in [0.5, 0.6) is 0 Å². The van der Waals surface area contributed by atoms with E-state index < -0.39 is 29.7 Å². The molecular formula is C10H20N2O4. The van der Waals surface area contributed by atoms with Gasteiger partial charge in [-0.15, -0.1) is 0 Å². The number of rotatable bonds is 3. The molecule has 0 aromatic carbocycles. The van der Waals surface area contributed by atoms with Crippen molar-refractivity contribution < 1.29 is 19.1 Å². The fraction of sp³-hybridized carbons (Fsp3) is 0.800. The average molecular weight is 232 g/mol. The summed E-state index contributed by atoms with van der Waals surface area (Å²) in [5.74, 6) is -0.580. The highest BCUT2D eigenvalue weighted by Gasteiger charge is 2.25. The molecule has 2 atom stereocenters. The molecule has 0 rings (SSSR count). The standard InChI is InChI=1S/C10H20N2O4/c1-6(7(11)8(13)15-5)12-9(14)16-10(2,3)4/h6-7H,11H2,1-5H3,(H,12,14). The van der Waals surface area contributed by atoms with E-state index in [0.717, 1.165) is 0 Å². The largest absolute Gasteiger partial charge is 0.468 e. The lowest BCUT2D eigenvalue weighted by molar-refractivity contribution is -0.142. The predicted octanol–water partition coefficient (Wildman–Crippen LogP) is 0.400. The highest BCUT2D eigenvalue weighted by atomic mass is 16.6. The number of alkyl carbamates (subject to hydrolysis) is 1. The van der Waals surface area contributed by atoms with Crippen LogP contribution in [0.3, 0.4) is 0 Å². The van der Waals surface area contributed by atoms with Gasteiger partial charge in [-0.1, -0.05) is 0 Å². The molecule has 16 heavy (non-hydrogen) atoms. The maximum atomic E-state index is 11.3. The lowest BCUT2D eigenvalue weighted by Crippen LogP contribution is -2.51. The number of carbonyl (C=O) groups excluding carboxylic acids is 2. The van der Waals surface area contributed by atoms with Gasteiger partial charge in [-0.3, -0.25) is 4.79 Å². The molecule has 6 heteroatoms. The Bertz CT molecular complexity index is 260. The summed E-state index contributed by atoms with van der Waals surface area (Å²) in [5, 5.41) is 2.46. The number of amides is 1. The normalized spacial score (nSPS) is 14.9. The van der Waals surface area contributed by atoms with Crippen molar-refractivity contribution in [3.63, 3.8) is 0 Å². The van der Waals surface area contributed by atoms with E-state index in [0.29, 0.717) is 0 Å². The Kier molecular flexibility index (Phi) is 5.23. The molecule has 0 aliphatic heterocycles. The highest BCUT2D eigenvalue weighted by molar-refractivity contribution is 5.77. The van der Waals surface area contributed by atoms with Crippen LogP contribution in [0, 0.1) is 0 Å². The van der Waals surface area contributed by atoms with Gasteiger partial charge in [0, 0.05) is 0 Å². The maximum Gasteiger partial charge on any atom is 0.407 e. The van der Waals surface area contributed by atoms with Crippen LogP contribution in [-0.2, 0) is 14.3 Å². The Morgan fingerprint density at radius 3 is 2.19 bits per heavy atom. The molecule has 6 nitrogen and oxygen atoms in total. The van der Waals surface area contributed by atoms with Crippen molar-refractivity contribution >= 4 is 12.1 Å². The average Bonchev–Trinajstić information content (AvgIpc) is 2.12. The number of nitrogens with two attached hydrogens (primary N) is 1. The number of carbonyl (C=O) groups is 2. The molecule has 0 fully saturated rings. The third-order valence-corrected chi connectivity index (χ3v) is 1.76. The Labute approximate surface area is 95.5 Å². The Morgan fingerprint density at radius 2 is 1.81 bits per heavy atom. The van der Waals surface area contributed by atoms with Gasteiger partial charge < -0.3 is 20.5 Å². The topological polar surface area (TPSA) is 90.6 Å². The first kappa shape index (κ1) is 14.7. The van der Waals surface area contributed by atoms with Crippen molar-refractivity contribution in [1.82, 2.24) is 5.32 Å². The van der Waals surface area contributed by atoms with Crippen LogP contribution in [0.1, 0.15) is 27.7 Å². The fourth-order valence-electron chi connectivity index (χ4n) is 0.923. The summed E-state index contributed by atoms with van der Waals surface area (Å²) in [7, 11) is 1.24. The van der Waals surface area contributed by atoms with Crippen LogP contribution < -0.4 is 11.1 Å². The molecule has 1 amide bonds. The molecule has 0 saturated carbocycles. The van der Waals surface area contributed by atoms with Crippen LogP contribution in [0.25, 0.3) is 0 Å². The van der Waals surface area contributed by atoms with E-state index >= 15 is 0 Å². The maximum absolute atomic E-state index is 11.3. The summed E-state index contributed by atoms with van der Waals surface area (Å²) < 4.78 is 9.47. The van der Waals surface area contributed by atoms with Crippen molar-refractivity contribution in [3.8, 4) is 0 Å². The second-order valence-electron chi connectivity index (χ2n) is 4.48. The molecule has 0 aliphatic rings. The summed E-state index contributed by atoms with van der Waals surface area (Å²) in [4.78, 5) is 22.4. The smallest absolute Gasteiger partial charge is 0.407 e. The molecule has 0 spiro atoms. The van der Waals surface area contributed by atoms with Crippen molar-refractivity contribution in [3.05, 3.63) is 0 Å². The van der Waals surface area contributed by atoms with E-state index in [9.17, 15) is 9.59 Å². The summed E-state index contributed by atoms with van der Waals surface area (Å²) in [5.41, 5.74) is 4.95. The van der Waals surface area contributed by atoms with Gasteiger partial charge in [-0.2, -0.15) is 0 Å². The van der Waals surface area contributed by atoms with Gasteiger partial charge in [-0.25, -0.2) is 4.79 Å². The SMILES string of the molecule is COC(=O)C(N)C(C)NC(=O)OC(C)(C)C. The number of nitrogens with one attached hydrogen (secondary N) is 1. The third kappa shape index (κ3) is 5.55. The van der Waals surface area contributed by atoms with Gasteiger partial charge in [0.15, 0.2) is 0 Å². The van der Waals surface area contributed by atoms with Gasteiger partial charge in [0.25, 0.3) is 0 Å². The van der Waals surface area contributed by atoms with E-state index in [1.807, 2.05) is 0 Å². The molecule has 94 valence electrons. The van der Waals surface area contributed by atoms with Gasteiger partial charge in [-0.05, 0) is 27.7 Å². The molecule has 3 N–H and O–H groups in total. The minimum atomic E-state index is -0.905. The van der Waals surface area contributed by atoms with Crippen LogP contribution in [-0.4, -0.2) is 36.9 Å². The summed E-state index contributed by atoms with van der Waals surface area (Å²) >= 11 is 0. The zero-order valence-electron chi connectivity index (χ0n) is 10.4. The van der Waals surface area contributed by atoms with E-state index in [1.165, 1.54) is 7.11 Å². The quantitative estimate of drug-likeness (QED) is 0.687. The molecule has 0 heterocycles. The zero-order valence-corrected chi connectivity index (χ0v) is 10.4. The van der Waals surface area contributed by atoms with E-state index in [4.69, 9.17) is 10.5 Å². The fourth-order valence-corrected chi connectivity index (χ4v) is 0.923. The Hall–Kier alpha value is -1.30. The third-order valence-electron chi connectivity index (χ3n) is 1.76. The molecule has 0 saturated heterocycles. The van der Waals surface area contributed by atoms with Crippen LogP contribution in [0.4, 0.5) is 4.79 Å². The number of hydrogen-bond acceptors (Lipinski definition) is 5. The van der Waals surface area contributed by atoms with E-state index in [-0.39, 0.29) is 0 Å². The Balaban J connectivity index is 4.19. The van der Waals surface area contributed by atoms with Crippen molar-refractivity contribution in [2.45, 2.75) is 45.4 Å². The van der Waals surface area contributed by atoms with Crippen molar-refractivity contribution in [2.75, 3.05) is 7.11 Å². The van der Waals surface area contributed by atoms with E-state index in [1.54, 1.807) is 27.7 Å². The molecule has 0 aromatic heterocycles. The second kappa shape index (κ2) is 5.69. The summed E-state index contributed by atoms with van der Waals surface area (Å²) in [6.45, 7) is 6.85. The van der Waals surface area contributed by atoms with Crippen LogP contribution in [0.2, 0.25) is 0 Å². The van der Waals surface area contributed by atoms with E-state index in [2.05, 4.69) is 10.1 Å². The molecule has 2 unspecified atom stereocenters. The number of hydrogen-bond donors (Lipinski definition) is 2. The first-order valence-electron chi connectivity index (χ1n) is 5.00. The molecular weight excluding hydrogens is 212 g/mol. The predicted molar refractivity (Wildman–Crippen MR) is 58.8 cm³/mol. The lowest BCUT2D eigenvalue weighted by Gasteiger charge is -2.23. The molecule has 0 bridgehead atoms. The van der Waals surface area contributed by atoms with Crippen molar-refractivity contribution in [2.24, 2.45) is 5.73 Å². The number of esters is 1. The van der Waals surface area contributed by atoms with Gasteiger partial charge in [0.05, 0.1) is 13.2 Å². The minimum Gasteiger partial charge on any atom is -0.468 e. The summed E-state index contributed by atoms with van der Waals surface area (Å²) in [6.07, 6.45) is -0.612. The van der Waals surface area contributed by atoms with Crippen LogP contribution in [0.15, 0.2) is 0 Å². The number of ether oxygens (including phenoxy) is 2. The molecule has 0 radical (unpaired) electrons. The second-order valence-corrected chi connectivity index (χ2v) is 4.48. The minimum absolute atomic E-state index is 0.553. The number of methoxy groups -OCH3 is 1. The van der Waals surface area contributed by atoms with Gasteiger partial charge in [0.2, 0.25) is 0 Å². The first-order chi connectivity index (χ1) is 7.17. The monoisotopic (exact) mass is 232 g/mol. The lowest BCUT2D eigenvalue weighted by atomic mass is 10.1.